The van der Waals surface area contributed by atoms with Gasteiger partial charge in [0.25, 0.3) is 0 Å². The van der Waals surface area contributed by atoms with Crippen molar-refractivity contribution < 1.29 is 0 Å². The average molecular weight is 741 g/mol. The van der Waals surface area contributed by atoms with Gasteiger partial charge in [0, 0.05) is 34.1 Å². The van der Waals surface area contributed by atoms with E-state index in [0.717, 1.165) is 34.1 Å². The van der Waals surface area contributed by atoms with Gasteiger partial charge in [0.05, 0.1) is 0 Å². The van der Waals surface area contributed by atoms with Crippen molar-refractivity contribution in [2.45, 2.75) is 20.8 Å². The van der Waals surface area contributed by atoms with E-state index in [1.165, 1.54) is 76.5 Å². The van der Waals surface area contributed by atoms with Gasteiger partial charge in [-0.15, -0.1) is 0 Å². The van der Waals surface area contributed by atoms with Gasteiger partial charge in [-0.25, -0.2) is 0 Å². The second kappa shape index (κ2) is 13.5. The van der Waals surface area contributed by atoms with Crippen LogP contribution in [0.1, 0.15) is 16.7 Å². The highest BCUT2D eigenvalue weighted by Crippen LogP contribution is 2.44. The number of anilines is 6. The Morgan fingerprint density at radius 2 is 0.741 bits per heavy atom. The van der Waals surface area contributed by atoms with Crippen LogP contribution in [0.25, 0.3) is 43.4 Å². The molecule has 0 radical (unpaired) electrons. The van der Waals surface area contributed by atoms with Crippen LogP contribution in [0.5, 0.6) is 0 Å². The van der Waals surface area contributed by atoms with Gasteiger partial charge < -0.3 is 9.80 Å². The van der Waals surface area contributed by atoms with Gasteiger partial charge in [-0.05, 0) is 137 Å². The molecule has 0 bridgehead atoms. The average Bonchev–Trinajstić information content (AvgIpc) is 3.26. The molecular weight excluding hydrogens is 699 g/mol. The third-order valence-electron chi connectivity index (χ3n) is 12.4. The Hall–Kier alpha value is -7.10. The van der Waals surface area contributed by atoms with E-state index in [-0.39, 0.29) is 6.71 Å². The van der Waals surface area contributed by atoms with Crippen LogP contribution >= 0.6 is 0 Å². The smallest absolute Gasteiger partial charge is 0.243 e. The van der Waals surface area contributed by atoms with E-state index in [9.17, 15) is 0 Å². The van der Waals surface area contributed by atoms with Gasteiger partial charge >= 0.3 is 0 Å². The number of aryl methyl sites for hydroxylation is 3. The maximum Gasteiger partial charge on any atom is 0.243 e. The predicted octanol–water partition coefficient (Wildman–Crippen LogP) is 12.9. The summed E-state index contributed by atoms with van der Waals surface area (Å²) in [7, 11) is 0. The first-order valence-corrected chi connectivity index (χ1v) is 20.3. The second-order valence-electron chi connectivity index (χ2n) is 15.9. The van der Waals surface area contributed by atoms with Gasteiger partial charge in [-0.1, -0.05) is 154 Å². The number of fused-ring (bicyclic) bond motifs is 2. The Bertz CT molecular complexity index is 3040. The Morgan fingerprint density at radius 3 is 1.26 bits per heavy atom. The normalized spacial score (nSPS) is 12.0. The maximum atomic E-state index is 2.52. The highest BCUT2D eigenvalue weighted by atomic mass is 15.1. The maximum absolute atomic E-state index is 2.52. The van der Waals surface area contributed by atoms with E-state index < -0.39 is 0 Å². The lowest BCUT2D eigenvalue weighted by Gasteiger charge is -2.34. The van der Waals surface area contributed by atoms with Crippen molar-refractivity contribution in [2.24, 2.45) is 0 Å². The zero-order valence-electron chi connectivity index (χ0n) is 32.9. The molecule has 0 fully saturated rings. The quantitative estimate of drug-likeness (QED) is 0.119. The Balaban J connectivity index is 1.20. The molecule has 0 saturated heterocycles. The summed E-state index contributed by atoms with van der Waals surface area (Å²) in [5.74, 6) is 0. The summed E-state index contributed by atoms with van der Waals surface area (Å²) in [4.78, 5) is 4.79. The number of rotatable bonds is 7. The Labute approximate surface area is 340 Å². The van der Waals surface area contributed by atoms with Crippen LogP contribution in [0.3, 0.4) is 0 Å². The number of hydrogen-bond acceptors (Lipinski definition) is 2. The van der Waals surface area contributed by atoms with E-state index in [2.05, 4.69) is 225 Å². The standard InChI is InChI=1S/C55H41BN2/c1-36-31-46(57(42-19-8-4-9-20-42)43-21-10-5-11-22-43)32-37(2)54(36)56-50-34-41-18-16-17-39-27-28-40-29-30-48(53(50)52(40)51(39)41)49-35-47(33-38(3)55(49)56)58(44-23-12-6-13-24-44)45-25-14-7-15-26-45/h4-35H,1-3H3. The first-order valence-electron chi connectivity index (χ1n) is 20.3. The molecule has 1 aliphatic rings. The molecule has 1 heterocycles. The van der Waals surface area contributed by atoms with Crippen LogP contribution < -0.4 is 26.2 Å². The Morgan fingerprint density at radius 1 is 0.310 bits per heavy atom. The number of hydrogen-bond donors (Lipinski definition) is 0. The third-order valence-corrected chi connectivity index (χ3v) is 12.4. The van der Waals surface area contributed by atoms with E-state index in [0.29, 0.717) is 0 Å². The summed E-state index contributed by atoms with van der Waals surface area (Å²) in [6, 6.07) is 71.4. The molecule has 58 heavy (non-hydrogen) atoms. The topological polar surface area (TPSA) is 6.48 Å². The van der Waals surface area contributed by atoms with Crippen molar-refractivity contribution in [1.29, 1.82) is 0 Å². The zero-order chi connectivity index (χ0) is 38.9. The molecule has 3 heteroatoms. The minimum atomic E-state index is 0.0311. The molecule has 0 unspecified atom stereocenters. The molecule has 10 aromatic carbocycles. The van der Waals surface area contributed by atoms with E-state index in [4.69, 9.17) is 0 Å². The van der Waals surface area contributed by atoms with E-state index in [1.807, 2.05) is 0 Å². The number of para-hydroxylation sites is 4. The molecule has 0 amide bonds. The van der Waals surface area contributed by atoms with Crippen molar-refractivity contribution in [3.8, 4) is 11.1 Å². The van der Waals surface area contributed by atoms with Gasteiger partial charge in [0.15, 0.2) is 0 Å². The summed E-state index contributed by atoms with van der Waals surface area (Å²) >= 11 is 0. The summed E-state index contributed by atoms with van der Waals surface area (Å²) in [5, 5.41) is 7.99. The molecular formula is C55H41BN2. The molecule has 0 N–H and O–H groups in total. The van der Waals surface area contributed by atoms with Gasteiger partial charge in [0.1, 0.15) is 0 Å². The monoisotopic (exact) mass is 740 g/mol. The van der Waals surface area contributed by atoms with E-state index in [1.54, 1.807) is 0 Å². The lowest BCUT2D eigenvalue weighted by atomic mass is 9.32. The van der Waals surface area contributed by atoms with Gasteiger partial charge in [0.2, 0.25) is 6.71 Å². The van der Waals surface area contributed by atoms with Gasteiger partial charge in [-0.3, -0.25) is 0 Å². The summed E-state index contributed by atoms with van der Waals surface area (Å²) < 4.78 is 0. The molecule has 0 aromatic heterocycles. The second-order valence-corrected chi connectivity index (χ2v) is 15.9. The van der Waals surface area contributed by atoms with Crippen LogP contribution in [0.2, 0.25) is 0 Å². The fraction of sp³-hybridized carbons (Fsp3) is 0.0545. The number of benzene rings is 10. The molecule has 0 aliphatic carbocycles. The fourth-order valence-electron chi connectivity index (χ4n) is 10.0. The highest BCUT2D eigenvalue weighted by Gasteiger charge is 2.37. The van der Waals surface area contributed by atoms with Crippen molar-refractivity contribution >= 4 is 89.5 Å². The summed E-state index contributed by atoms with van der Waals surface area (Å²) in [6.45, 7) is 7.01. The largest absolute Gasteiger partial charge is 0.310 e. The van der Waals surface area contributed by atoms with Crippen LogP contribution in [0, 0.1) is 20.8 Å². The van der Waals surface area contributed by atoms with Gasteiger partial charge in [-0.2, -0.15) is 0 Å². The van der Waals surface area contributed by atoms with Crippen molar-refractivity contribution in [3.05, 3.63) is 211 Å². The Kier molecular flexibility index (Phi) is 7.98. The zero-order valence-corrected chi connectivity index (χ0v) is 32.9. The van der Waals surface area contributed by atoms with Crippen LogP contribution in [0.4, 0.5) is 34.1 Å². The summed E-state index contributed by atoms with van der Waals surface area (Å²) in [6.07, 6.45) is 0. The first kappa shape index (κ1) is 34.2. The first-order chi connectivity index (χ1) is 28.5. The lowest BCUT2D eigenvalue weighted by molar-refractivity contribution is 1.26. The third kappa shape index (κ3) is 5.34. The molecule has 1 aliphatic heterocycles. The highest BCUT2D eigenvalue weighted by molar-refractivity contribution is 6.99. The molecule has 0 atom stereocenters. The molecule has 10 aromatic rings. The predicted molar refractivity (Wildman–Crippen MR) is 250 cm³/mol. The molecule has 2 nitrogen and oxygen atoms in total. The molecule has 11 rings (SSSR count). The van der Waals surface area contributed by atoms with E-state index >= 15 is 0 Å². The van der Waals surface area contributed by atoms with Crippen LogP contribution in [0.15, 0.2) is 194 Å². The molecule has 274 valence electrons. The van der Waals surface area contributed by atoms with Crippen LogP contribution in [-0.4, -0.2) is 6.71 Å². The lowest BCUT2D eigenvalue weighted by Crippen LogP contribution is -2.57. The van der Waals surface area contributed by atoms with Crippen molar-refractivity contribution in [3.63, 3.8) is 0 Å². The minimum absolute atomic E-state index is 0.0311. The summed E-state index contributed by atoms with van der Waals surface area (Å²) in [5.41, 5.74) is 17.5. The van der Waals surface area contributed by atoms with Crippen LogP contribution in [-0.2, 0) is 0 Å². The number of nitrogens with zero attached hydrogens (tertiary/aromatic N) is 2. The molecule has 0 saturated carbocycles. The van der Waals surface area contributed by atoms with Crippen molar-refractivity contribution in [1.82, 2.24) is 0 Å². The minimum Gasteiger partial charge on any atom is -0.310 e. The molecule has 0 spiro atoms. The fourth-order valence-corrected chi connectivity index (χ4v) is 10.0. The van der Waals surface area contributed by atoms with Crippen molar-refractivity contribution in [2.75, 3.05) is 9.80 Å². The SMILES string of the molecule is Cc1cc(N(c2ccccc2)c2ccccc2)cc(C)c1B1c2c(C)cc(N(c3ccccc3)c3ccccc3)cc2-c2ccc3ccc4cccc5cc1c2c3c45.